The first-order valence-electron chi connectivity index (χ1n) is 6.29. The van der Waals surface area contributed by atoms with Gasteiger partial charge in [-0.3, -0.25) is 0 Å². The molecule has 1 atom stereocenters. The van der Waals surface area contributed by atoms with E-state index in [9.17, 15) is 5.11 Å². The third-order valence-electron chi connectivity index (χ3n) is 3.10. The molecule has 90 valence electrons. The Hall–Kier alpha value is -0.120. The van der Waals surface area contributed by atoms with Gasteiger partial charge in [0.2, 0.25) is 0 Å². The molecule has 0 radical (unpaired) electrons. The van der Waals surface area contributed by atoms with Crippen LogP contribution in [0.25, 0.3) is 0 Å². The van der Waals surface area contributed by atoms with Crippen molar-refractivity contribution in [1.29, 1.82) is 0 Å². The van der Waals surface area contributed by atoms with Crippen LogP contribution in [0.2, 0.25) is 0 Å². The molecular weight excluding hydrogens is 188 g/mol. The highest BCUT2D eigenvalue weighted by Gasteiger charge is 2.18. The zero-order valence-corrected chi connectivity index (χ0v) is 10.3. The highest BCUT2D eigenvalue weighted by atomic mass is 16.3. The lowest BCUT2D eigenvalue weighted by molar-refractivity contribution is 0.0497. The average molecular weight is 214 g/mol. The van der Waals surface area contributed by atoms with E-state index < -0.39 is 5.60 Å². The molecule has 1 saturated heterocycles. The predicted molar refractivity (Wildman–Crippen MR) is 64.1 cm³/mol. The molecule has 1 aliphatic rings. The summed E-state index contributed by atoms with van der Waals surface area (Å²) in [5, 5.41) is 13.3. The third-order valence-corrected chi connectivity index (χ3v) is 3.10. The molecule has 1 unspecified atom stereocenters. The SMILES string of the molecule is CCCC(C)(O)CNCCN1CCCC1. The number of likely N-dealkylation sites (tertiary alicyclic amines) is 1. The lowest BCUT2D eigenvalue weighted by Gasteiger charge is -2.24. The molecular formula is C12H26N2O. The Morgan fingerprint density at radius 3 is 2.60 bits per heavy atom. The van der Waals surface area contributed by atoms with Crippen molar-refractivity contribution in [3.63, 3.8) is 0 Å². The second-order valence-electron chi connectivity index (χ2n) is 4.97. The summed E-state index contributed by atoms with van der Waals surface area (Å²) in [5.41, 5.74) is -0.528. The fourth-order valence-corrected chi connectivity index (χ4v) is 2.23. The Labute approximate surface area is 93.9 Å². The summed E-state index contributed by atoms with van der Waals surface area (Å²) >= 11 is 0. The van der Waals surface area contributed by atoms with Crippen LogP contribution in [-0.4, -0.2) is 48.3 Å². The lowest BCUT2D eigenvalue weighted by atomic mass is 10.0. The van der Waals surface area contributed by atoms with Crippen LogP contribution in [0.4, 0.5) is 0 Å². The molecule has 0 saturated carbocycles. The number of nitrogens with zero attached hydrogens (tertiary/aromatic N) is 1. The summed E-state index contributed by atoms with van der Waals surface area (Å²) in [5.74, 6) is 0. The van der Waals surface area contributed by atoms with Crippen molar-refractivity contribution in [1.82, 2.24) is 10.2 Å². The Kier molecular flexibility index (Phi) is 5.58. The molecule has 0 amide bonds. The van der Waals surface area contributed by atoms with Gasteiger partial charge in [-0.05, 0) is 39.3 Å². The van der Waals surface area contributed by atoms with Crippen molar-refractivity contribution in [2.45, 2.75) is 45.1 Å². The van der Waals surface area contributed by atoms with E-state index in [1.807, 2.05) is 6.92 Å². The minimum absolute atomic E-state index is 0.528. The van der Waals surface area contributed by atoms with Crippen LogP contribution in [-0.2, 0) is 0 Å². The third kappa shape index (κ3) is 5.50. The number of hydrogen-bond donors (Lipinski definition) is 2. The van der Waals surface area contributed by atoms with Gasteiger partial charge in [0.15, 0.2) is 0 Å². The first kappa shape index (κ1) is 12.9. The monoisotopic (exact) mass is 214 g/mol. The molecule has 0 aromatic heterocycles. The summed E-state index contributed by atoms with van der Waals surface area (Å²) in [7, 11) is 0. The second-order valence-corrected chi connectivity index (χ2v) is 4.97. The normalized spacial score (nSPS) is 21.8. The van der Waals surface area contributed by atoms with Gasteiger partial charge in [0, 0.05) is 19.6 Å². The number of hydrogen-bond acceptors (Lipinski definition) is 3. The minimum Gasteiger partial charge on any atom is -0.389 e. The molecule has 0 spiro atoms. The summed E-state index contributed by atoms with van der Waals surface area (Å²) in [6, 6.07) is 0. The maximum Gasteiger partial charge on any atom is 0.0743 e. The maximum absolute atomic E-state index is 9.93. The molecule has 1 aliphatic heterocycles. The van der Waals surface area contributed by atoms with Crippen molar-refractivity contribution in [3.05, 3.63) is 0 Å². The highest BCUT2D eigenvalue weighted by molar-refractivity contribution is 4.75. The Balaban J connectivity index is 2.00. The van der Waals surface area contributed by atoms with E-state index >= 15 is 0 Å². The van der Waals surface area contributed by atoms with Crippen LogP contribution in [0.15, 0.2) is 0 Å². The van der Waals surface area contributed by atoms with Crippen molar-refractivity contribution in [2.24, 2.45) is 0 Å². The maximum atomic E-state index is 9.93. The van der Waals surface area contributed by atoms with Crippen LogP contribution in [0.3, 0.4) is 0 Å². The van der Waals surface area contributed by atoms with Crippen molar-refractivity contribution < 1.29 is 5.11 Å². The second kappa shape index (κ2) is 6.46. The Bertz CT molecular complexity index is 165. The van der Waals surface area contributed by atoms with Crippen LogP contribution in [0, 0.1) is 0 Å². The molecule has 0 aromatic rings. The zero-order valence-electron chi connectivity index (χ0n) is 10.3. The topological polar surface area (TPSA) is 35.5 Å². The number of rotatable bonds is 7. The van der Waals surface area contributed by atoms with E-state index in [-0.39, 0.29) is 0 Å². The van der Waals surface area contributed by atoms with E-state index in [1.54, 1.807) is 0 Å². The van der Waals surface area contributed by atoms with E-state index in [2.05, 4.69) is 17.1 Å². The molecule has 1 rings (SSSR count). The van der Waals surface area contributed by atoms with Gasteiger partial charge in [0.05, 0.1) is 5.60 Å². The molecule has 2 N–H and O–H groups in total. The smallest absolute Gasteiger partial charge is 0.0743 e. The molecule has 0 bridgehead atoms. The van der Waals surface area contributed by atoms with Gasteiger partial charge in [-0.15, -0.1) is 0 Å². The van der Waals surface area contributed by atoms with E-state index in [4.69, 9.17) is 0 Å². The largest absolute Gasteiger partial charge is 0.389 e. The fraction of sp³-hybridized carbons (Fsp3) is 1.00. The predicted octanol–water partition coefficient (Wildman–Crippen LogP) is 1.22. The van der Waals surface area contributed by atoms with Gasteiger partial charge in [0.1, 0.15) is 0 Å². The van der Waals surface area contributed by atoms with Crippen molar-refractivity contribution >= 4 is 0 Å². The van der Waals surface area contributed by atoms with Gasteiger partial charge in [-0.25, -0.2) is 0 Å². The molecule has 0 aliphatic carbocycles. The fourth-order valence-electron chi connectivity index (χ4n) is 2.23. The number of nitrogens with one attached hydrogen (secondary N) is 1. The first-order chi connectivity index (χ1) is 7.14. The van der Waals surface area contributed by atoms with Crippen LogP contribution >= 0.6 is 0 Å². The lowest BCUT2D eigenvalue weighted by Crippen LogP contribution is -2.40. The van der Waals surface area contributed by atoms with E-state index in [1.165, 1.54) is 25.9 Å². The molecule has 1 fully saturated rings. The van der Waals surface area contributed by atoms with Crippen molar-refractivity contribution in [3.8, 4) is 0 Å². The van der Waals surface area contributed by atoms with E-state index in [0.29, 0.717) is 6.54 Å². The molecule has 3 nitrogen and oxygen atoms in total. The average Bonchev–Trinajstić information content (AvgIpc) is 2.65. The molecule has 0 aromatic carbocycles. The summed E-state index contributed by atoms with van der Waals surface area (Å²) in [6.07, 6.45) is 4.63. The standard InChI is InChI=1S/C12H26N2O/c1-3-6-12(2,15)11-13-7-10-14-8-4-5-9-14/h13,15H,3-11H2,1-2H3. The van der Waals surface area contributed by atoms with Crippen molar-refractivity contribution in [2.75, 3.05) is 32.7 Å². The first-order valence-corrected chi connectivity index (χ1v) is 6.29. The summed E-state index contributed by atoms with van der Waals surface area (Å²) in [4.78, 5) is 2.49. The van der Waals surface area contributed by atoms with Gasteiger partial charge in [0.25, 0.3) is 0 Å². The van der Waals surface area contributed by atoms with E-state index in [0.717, 1.165) is 25.9 Å². The Morgan fingerprint density at radius 2 is 2.00 bits per heavy atom. The quantitative estimate of drug-likeness (QED) is 0.626. The van der Waals surface area contributed by atoms with Crippen LogP contribution in [0.5, 0.6) is 0 Å². The number of aliphatic hydroxyl groups is 1. The molecule has 15 heavy (non-hydrogen) atoms. The summed E-state index contributed by atoms with van der Waals surface area (Å²) < 4.78 is 0. The van der Waals surface area contributed by atoms with Crippen LogP contribution in [0.1, 0.15) is 39.5 Å². The van der Waals surface area contributed by atoms with Gasteiger partial charge in [-0.2, -0.15) is 0 Å². The summed E-state index contributed by atoms with van der Waals surface area (Å²) in [6.45, 7) is 9.38. The van der Waals surface area contributed by atoms with Gasteiger partial charge >= 0.3 is 0 Å². The minimum atomic E-state index is -0.528. The Morgan fingerprint density at radius 1 is 1.33 bits per heavy atom. The van der Waals surface area contributed by atoms with Gasteiger partial charge < -0.3 is 15.3 Å². The van der Waals surface area contributed by atoms with Crippen LogP contribution < -0.4 is 5.32 Å². The van der Waals surface area contributed by atoms with Gasteiger partial charge in [-0.1, -0.05) is 13.3 Å². The zero-order chi connectivity index (χ0) is 11.1. The molecule has 3 heteroatoms. The molecule has 1 heterocycles. The highest BCUT2D eigenvalue weighted by Crippen LogP contribution is 2.10.